The average molecular weight is 261 g/mol. The molecule has 0 spiro atoms. The van der Waals surface area contributed by atoms with Gasteiger partial charge in [0.15, 0.2) is 0 Å². The second-order valence-corrected chi connectivity index (χ2v) is 5.26. The minimum atomic E-state index is -0.924. The summed E-state index contributed by atoms with van der Waals surface area (Å²) in [5.41, 5.74) is 3.80. The first-order valence-electron chi connectivity index (χ1n) is 6.54. The molecule has 102 valence electrons. The average Bonchev–Trinajstić information content (AvgIpc) is 2.29. The number of piperidine rings is 1. The number of hydrogen-bond acceptors (Lipinski definition) is 2. The minimum Gasteiger partial charge on any atom is -0.480 e. The van der Waals surface area contributed by atoms with Crippen LogP contribution in [0.3, 0.4) is 0 Å². The molecule has 0 aliphatic carbocycles. The molecule has 4 nitrogen and oxygen atoms in total. The molecule has 19 heavy (non-hydrogen) atoms. The number of hydrogen-bond donors (Lipinski definition) is 1. The highest BCUT2D eigenvalue weighted by molar-refractivity contribution is 6.01. The van der Waals surface area contributed by atoms with Gasteiger partial charge in [-0.15, -0.1) is 0 Å². The summed E-state index contributed by atoms with van der Waals surface area (Å²) in [7, 11) is 0. The monoisotopic (exact) mass is 261 g/mol. The summed E-state index contributed by atoms with van der Waals surface area (Å²) < 4.78 is 0. The molecule has 1 atom stereocenters. The van der Waals surface area contributed by atoms with Crippen LogP contribution < -0.4 is 4.90 Å². The molecule has 1 aromatic carbocycles. The third kappa shape index (κ3) is 2.48. The van der Waals surface area contributed by atoms with Gasteiger partial charge in [-0.1, -0.05) is 17.7 Å². The fraction of sp³-hybridized carbons (Fsp3) is 0.467. The highest BCUT2D eigenvalue weighted by Gasteiger charge is 2.35. The normalized spacial score (nSPS) is 19.6. The van der Waals surface area contributed by atoms with E-state index in [0.29, 0.717) is 19.3 Å². The molecular formula is C15H19NO3. The number of nitrogens with zero attached hydrogens (tertiary/aromatic N) is 1. The van der Waals surface area contributed by atoms with Crippen LogP contribution in [0.25, 0.3) is 0 Å². The molecule has 1 unspecified atom stereocenters. The Bertz CT molecular complexity index is 513. The quantitative estimate of drug-likeness (QED) is 0.890. The fourth-order valence-corrected chi connectivity index (χ4v) is 2.94. The number of carboxylic acids is 1. The number of carbonyl (C=O) groups is 2. The predicted octanol–water partition coefficient (Wildman–Crippen LogP) is 2.58. The van der Waals surface area contributed by atoms with Gasteiger partial charge in [-0.3, -0.25) is 9.69 Å². The van der Waals surface area contributed by atoms with Crippen molar-refractivity contribution in [1.82, 2.24) is 0 Å². The van der Waals surface area contributed by atoms with Gasteiger partial charge < -0.3 is 5.11 Å². The van der Waals surface area contributed by atoms with Crippen LogP contribution in [0.4, 0.5) is 5.69 Å². The Kier molecular flexibility index (Phi) is 3.60. The van der Waals surface area contributed by atoms with Crippen LogP contribution in [-0.4, -0.2) is 23.0 Å². The van der Waals surface area contributed by atoms with Crippen molar-refractivity contribution in [2.75, 3.05) is 4.90 Å². The lowest BCUT2D eigenvalue weighted by Crippen LogP contribution is -2.48. The van der Waals surface area contributed by atoms with E-state index in [0.717, 1.165) is 22.4 Å². The van der Waals surface area contributed by atoms with Crippen molar-refractivity contribution in [3.63, 3.8) is 0 Å². The van der Waals surface area contributed by atoms with Crippen LogP contribution in [0.15, 0.2) is 12.1 Å². The van der Waals surface area contributed by atoms with Gasteiger partial charge in [0.25, 0.3) is 0 Å². The molecule has 1 amide bonds. The molecule has 1 heterocycles. The van der Waals surface area contributed by atoms with Gasteiger partial charge in [-0.05, 0) is 44.7 Å². The second kappa shape index (κ2) is 5.03. The van der Waals surface area contributed by atoms with Crippen molar-refractivity contribution in [3.8, 4) is 0 Å². The summed E-state index contributed by atoms with van der Waals surface area (Å²) in [4.78, 5) is 25.0. The molecule has 2 rings (SSSR count). The molecule has 1 saturated heterocycles. The van der Waals surface area contributed by atoms with Gasteiger partial charge >= 0.3 is 5.97 Å². The van der Waals surface area contributed by atoms with Crippen molar-refractivity contribution < 1.29 is 14.7 Å². The fourth-order valence-electron chi connectivity index (χ4n) is 2.94. The molecular weight excluding hydrogens is 242 g/mol. The Labute approximate surface area is 113 Å². The Hall–Kier alpha value is -1.84. The summed E-state index contributed by atoms with van der Waals surface area (Å²) in [6.45, 7) is 5.85. The first-order valence-corrected chi connectivity index (χ1v) is 6.54. The Morgan fingerprint density at radius 1 is 1.26 bits per heavy atom. The minimum absolute atomic E-state index is 0.0892. The highest BCUT2D eigenvalue weighted by Crippen LogP contribution is 2.32. The molecule has 1 N–H and O–H groups in total. The van der Waals surface area contributed by atoms with Gasteiger partial charge in [0.05, 0.1) is 5.69 Å². The number of amides is 1. The van der Waals surface area contributed by atoms with Gasteiger partial charge in [0, 0.05) is 6.42 Å². The van der Waals surface area contributed by atoms with E-state index in [2.05, 4.69) is 0 Å². The maximum absolute atomic E-state index is 12.2. The van der Waals surface area contributed by atoms with Crippen molar-refractivity contribution >= 4 is 17.6 Å². The number of carboxylic acid groups (broad SMARTS) is 1. The zero-order chi connectivity index (χ0) is 14.2. The molecule has 4 heteroatoms. The molecule has 1 aliphatic rings. The SMILES string of the molecule is Cc1cc(C)c(N2C(=O)CCCC2C(=O)O)c(C)c1. The van der Waals surface area contributed by atoms with Crippen molar-refractivity contribution in [1.29, 1.82) is 0 Å². The lowest BCUT2D eigenvalue weighted by Gasteiger charge is -2.35. The van der Waals surface area contributed by atoms with Crippen LogP contribution >= 0.6 is 0 Å². The van der Waals surface area contributed by atoms with Crippen molar-refractivity contribution in [2.45, 2.75) is 46.1 Å². The van der Waals surface area contributed by atoms with Crippen LogP contribution in [0.5, 0.6) is 0 Å². The molecule has 0 bridgehead atoms. The van der Waals surface area contributed by atoms with E-state index in [1.54, 1.807) is 0 Å². The van der Waals surface area contributed by atoms with Crippen LogP contribution in [0.2, 0.25) is 0 Å². The second-order valence-electron chi connectivity index (χ2n) is 5.26. The predicted molar refractivity (Wildman–Crippen MR) is 73.4 cm³/mol. The number of anilines is 1. The molecule has 0 aromatic heterocycles. The Morgan fingerprint density at radius 3 is 2.37 bits per heavy atom. The van der Waals surface area contributed by atoms with E-state index in [9.17, 15) is 14.7 Å². The van der Waals surface area contributed by atoms with E-state index in [1.807, 2.05) is 32.9 Å². The smallest absolute Gasteiger partial charge is 0.326 e. The Balaban J connectivity index is 2.53. The van der Waals surface area contributed by atoms with E-state index < -0.39 is 12.0 Å². The number of benzene rings is 1. The number of rotatable bonds is 2. The molecule has 1 fully saturated rings. The van der Waals surface area contributed by atoms with E-state index in [1.165, 1.54) is 4.90 Å². The highest BCUT2D eigenvalue weighted by atomic mass is 16.4. The zero-order valence-corrected chi connectivity index (χ0v) is 11.6. The van der Waals surface area contributed by atoms with E-state index in [4.69, 9.17) is 0 Å². The van der Waals surface area contributed by atoms with Crippen molar-refractivity contribution in [3.05, 3.63) is 28.8 Å². The first kappa shape index (κ1) is 13.6. The third-order valence-electron chi connectivity index (χ3n) is 3.61. The summed E-state index contributed by atoms with van der Waals surface area (Å²) in [5.74, 6) is -1.01. The number of aliphatic carboxylic acids is 1. The van der Waals surface area contributed by atoms with Crippen molar-refractivity contribution in [2.24, 2.45) is 0 Å². The third-order valence-corrected chi connectivity index (χ3v) is 3.61. The van der Waals surface area contributed by atoms with Gasteiger partial charge in [-0.25, -0.2) is 4.79 Å². The van der Waals surface area contributed by atoms with E-state index in [-0.39, 0.29) is 5.91 Å². The first-order chi connectivity index (χ1) is 8.91. The molecule has 0 saturated carbocycles. The van der Waals surface area contributed by atoms with Gasteiger partial charge in [-0.2, -0.15) is 0 Å². The maximum Gasteiger partial charge on any atom is 0.326 e. The van der Waals surface area contributed by atoms with E-state index >= 15 is 0 Å². The maximum atomic E-state index is 12.2. The van der Waals surface area contributed by atoms with Crippen LogP contribution in [0.1, 0.15) is 36.0 Å². The molecule has 1 aliphatic heterocycles. The van der Waals surface area contributed by atoms with Crippen LogP contribution in [0, 0.1) is 20.8 Å². The molecule has 1 aromatic rings. The summed E-state index contributed by atoms with van der Waals surface area (Å²) in [6, 6.07) is 3.24. The standard InChI is InChI=1S/C15H19NO3/c1-9-7-10(2)14(11(3)8-9)16-12(15(18)19)5-4-6-13(16)17/h7-8,12H,4-6H2,1-3H3,(H,18,19). The summed E-state index contributed by atoms with van der Waals surface area (Å²) in [5, 5.41) is 9.33. The summed E-state index contributed by atoms with van der Waals surface area (Å²) in [6.07, 6.45) is 1.60. The van der Waals surface area contributed by atoms with Gasteiger partial charge in [0.1, 0.15) is 6.04 Å². The number of aryl methyl sites for hydroxylation is 3. The lowest BCUT2D eigenvalue weighted by molar-refractivity contribution is -0.141. The largest absolute Gasteiger partial charge is 0.480 e. The zero-order valence-electron chi connectivity index (χ0n) is 11.6. The number of carbonyl (C=O) groups excluding carboxylic acids is 1. The topological polar surface area (TPSA) is 57.6 Å². The van der Waals surface area contributed by atoms with Gasteiger partial charge in [0.2, 0.25) is 5.91 Å². The molecule has 0 radical (unpaired) electrons. The lowest BCUT2D eigenvalue weighted by atomic mass is 9.96. The van der Waals surface area contributed by atoms with Crippen LogP contribution in [-0.2, 0) is 9.59 Å². The summed E-state index contributed by atoms with van der Waals surface area (Å²) >= 11 is 0. The Morgan fingerprint density at radius 2 is 1.84 bits per heavy atom.